The van der Waals surface area contributed by atoms with Crippen LogP contribution in [0.5, 0.6) is 0 Å². The summed E-state index contributed by atoms with van der Waals surface area (Å²) in [5.74, 6) is 0.701. The van der Waals surface area contributed by atoms with Gasteiger partial charge in [0, 0.05) is 25.9 Å². The van der Waals surface area contributed by atoms with Gasteiger partial charge in [-0.2, -0.15) is 0 Å². The predicted molar refractivity (Wildman–Crippen MR) is 68.1 cm³/mol. The number of nitrogens with one attached hydrogen (secondary N) is 1. The minimum absolute atomic E-state index is 0.693. The van der Waals surface area contributed by atoms with Crippen LogP contribution in [0.3, 0.4) is 0 Å². The SMILES string of the molecule is COCCNCc1cc(C)nc(-c2ccoc2)n1. The van der Waals surface area contributed by atoms with Gasteiger partial charge in [-0.1, -0.05) is 0 Å². The van der Waals surface area contributed by atoms with E-state index in [-0.39, 0.29) is 0 Å². The third kappa shape index (κ3) is 3.38. The second-order valence-corrected chi connectivity index (χ2v) is 4.01. The number of methoxy groups -OCH3 is 1. The molecule has 2 aromatic heterocycles. The average Bonchev–Trinajstić information content (AvgIpc) is 2.88. The van der Waals surface area contributed by atoms with Crippen molar-refractivity contribution in [2.75, 3.05) is 20.3 Å². The van der Waals surface area contributed by atoms with Crippen LogP contribution in [-0.4, -0.2) is 30.2 Å². The first-order chi connectivity index (χ1) is 8.79. The molecule has 5 nitrogen and oxygen atoms in total. The molecule has 0 unspecified atom stereocenters. The second-order valence-electron chi connectivity index (χ2n) is 4.01. The van der Waals surface area contributed by atoms with Crippen molar-refractivity contribution < 1.29 is 9.15 Å². The van der Waals surface area contributed by atoms with E-state index in [2.05, 4.69) is 15.3 Å². The van der Waals surface area contributed by atoms with Crippen LogP contribution in [0.2, 0.25) is 0 Å². The minimum atomic E-state index is 0.693. The molecule has 1 N–H and O–H groups in total. The Labute approximate surface area is 106 Å². The molecule has 0 aliphatic carbocycles. The number of hydrogen-bond donors (Lipinski definition) is 1. The van der Waals surface area contributed by atoms with E-state index < -0.39 is 0 Å². The fourth-order valence-corrected chi connectivity index (χ4v) is 1.64. The Morgan fingerprint density at radius 3 is 3.00 bits per heavy atom. The van der Waals surface area contributed by atoms with E-state index in [1.807, 2.05) is 19.1 Å². The van der Waals surface area contributed by atoms with Gasteiger partial charge in [-0.05, 0) is 19.1 Å². The highest BCUT2D eigenvalue weighted by atomic mass is 16.5. The minimum Gasteiger partial charge on any atom is -0.472 e. The van der Waals surface area contributed by atoms with Crippen LogP contribution in [0.4, 0.5) is 0 Å². The first kappa shape index (κ1) is 12.7. The van der Waals surface area contributed by atoms with E-state index >= 15 is 0 Å². The van der Waals surface area contributed by atoms with Crippen molar-refractivity contribution in [2.45, 2.75) is 13.5 Å². The summed E-state index contributed by atoms with van der Waals surface area (Å²) in [5, 5.41) is 3.26. The number of aromatic nitrogens is 2. The molecule has 0 spiro atoms. The summed E-state index contributed by atoms with van der Waals surface area (Å²) in [4.78, 5) is 8.90. The lowest BCUT2D eigenvalue weighted by Gasteiger charge is -2.06. The zero-order valence-electron chi connectivity index (χ0n) is 10.6. The van der Waals surface area contributed by atoms with Crippen LogP contribution in [0.15, 0.2) is 29.1 Å². The van der Waals surface area contributed by atoms with Crippen LogP contribution in [0.25, 0.3) is 11.4 Å². The van der Waals surface area contributed by atoms with Crippen molar-refractivity contribution in [3.63, 3.8) is 0 Å². The van der Waals surface area contributed by atoms with E-state index in [1.165, 1.54) is 0 Å². The van der Waals surface area contributed by atoms with Crippen molar-refractivity contribution in [3.05, 3.63) is 36.0 Å². The van der Waals surface area contributed by atoms with Gasteiger partial charge in [0.05, 0.1) is 24.1 Å². The summed E-state index contributed by atoms with van der Waals surface area (Å²) in [7, 11) is 1.69. The Balaban J connectivity index is 2.07. The zero-order chi connectivity index (χ0) is 12.8. The number of furan rings is 1. The van der Waals surface area contributed by atoms with Crippen molar-refractivity contribution in [3.8, 4) is 11.4 Å². The molecule has 0 bridgehead atoms. The summed E-state index contributed by atoms with van der Waals surface area (Å²) in [5.41, 5.74) is 2.82. The van der Waals surface area contributed by atoms with Gasteiger partial charge in [-0.25, -0.2) is 9.97 Å². The molecule has 0 aliphatic heterocycles. The number of aryl methyl sites for hydroxylation is 1. The standard InChI is InChI=1S/C13H17N3O2/c1-10-7-12(8-14-4-6-17-2)16-13(15-10)11-3-5-18-9-11/h3,5,7,9,14H,4,6,8H2,1-2H3. The van der Waals surface area contributed by atoms with E-state index in [9.17, 15) is 0 Å². The van der Waals surface area contributed by atoms with Crippen LogP contribution < -0.4 is 5.32 Å². The summed E-state index contributed by atoms with van der Waals surface area (Å²) in [6, 6.07) is 3.83. The Morgan fingerprint density at radius 2 is 2.28 bits per heavy atom. The number of rotatable bonds is 6. The van der Waals surface area contributed by atoms with Crippen LogP contribution >= 0.6 is 0 Å². The zero-order valence-corrected chi connectivity index (χ0v) is 10.6. The van der Waals surface area contributed by atoms with Crippen LogP contribution in [-0.2, 0) is 11.3 Å². The van der Waals surface area contributed by atoms with Crippen molar-refractivity contribution in [2.24, 2.45) is 0 Å². The monoisotopic (exact) mass is 247 g/mol. The highest BCUT2D eigenvalue weighted by Gasteiger charge is 2.05. The first-order valence-corrected chi connectivity index (χ1v) is 5.86. The lowest BCUT2D eigenvalue weighted by molar-refractivity contribution is 0.199. The molecule has 0 fully saturated rings. The Hall–Kier alpha value is -1.72. The molecule has 0 amide bonds. The van der Waals surface area contributed by atoms with Gasteiger partial charge >= 0.3 is 0 Å². The van der Waals surface area contributed by atoms with Gasteiger partial charge < -0.3 is 14.5 Å². The molecule has 0 aliphatic rings. The number of hydrogen-bond acceptors (Lipinski definition) is 5. The molecule has 2 rings (SSSR count). The van der Waals surface area contributed by atoms with Gasteiger partial charge in [0.15, 0.2) is 5.82 Å². The van der Waals surface area contributed by atoms with Gasteiger partial charge in [-0.3, -0.25) is 0 Å². The van der Waals surface area contributed by atoms with Crippen LogP contribution in [0, 0.1) is 6.92 Å². The molecule has 0 atom stereocenters. The molecule has 0 saturated carbocycles. The molecule has 18 heavy (non-hydrogen) atoms. The maximum Gasteiger partial charge on any atom is 0.162 e. The smallest absolute Gasteiger partial charge is 0.162 e. The van der Waals surface area contributed by atoms with E-state index in [4.69, 9.17) is 9.15 Å². The van der Waals surface area contributed by atoms with Gasteiger partial charge in [0.25, 0.3) is 0 Å². The lowest BCUT2D eigenvalue weighted by Crippen LogP contribution is -2.19. The molecule has 5 heteroatoms. The summed E-state index contributed by atoms with van der Waals surface area (Å²) < 4.78 is 10.0. The summed E-state index contributed by atoms with van der Waals surface area (Å²) in [6.45, 7) is 4.17. The van der Waals surface area contributed by atoms with Crippen molar-refractivity contribution >= 4 is 0 Å². The topological polar surface area (TPSA) is 60.2 Å². The quantitative estimate of drug-likeness (QED) is 0.788. The highest BCUT2D eigenvalue weighted by Crippen LogP contribution is 2.16. The third-order valence-electron chi connectivity index (χ3n) is 2.48. The molecule has 0 aromatic carbocycles. The number of nitrogens with zero attached hydrogens (tertiary/aromatic N) is 2. The van der Waals surface area contributed by atoms with E-state index in [0.29, 0.717) is 19.0 Å². The molecule has 0 saturated heterocycles. The average molecular weight is 247 g/mol. The first-order valence-electron chi connectivity index (χ1n) is 5.86. The number of ether oxygens (including phenoxy) is 1. The summed E-state index contributed by atoms with van der Waals surface area (Å²) >= 11 is 0. The predicted octanol–water partition coefficient (Wildman–Crippen LogP) is 1.78. The van der Waals surface area contributed by atoms with Crippen molar-refractivity contribution in [1.29, 1.82) is 0 Å². The largest absolute Gasteiger partial charge is 0.472 e. The van der Waals surface area contributed by atoms with Gasteiger partial charge in [0.1, 0.15) is 6.26 Å². The van der Waals surface area contributed by atoms with E-state index in [1.54, 1.807) is 19.6 Å². The molecular formula is C13H17N3O2. The maximum atomic E-state index is 5.05. The normalized spacial score (nSPS) is 10.8. The van der Waals surface area contributed by atoms with Gasteiger partial charge in [-0.15, -0.1) is 0 Å². The Bertz CT molecular complexity index is 483. The molecular weight excluding hydrogens is 230 g/mol. The van der Waals surface area contributed by atoms with Crippen LogP contribution in [0.1, 0.15) is 11.4 Å². The lowest BCUT2D eigenvalue weighted by atomic mass is 10.2. The third-order valence-corrected chi connectivity index (χ3v) is 2.48. The molecule has 2 heterocycles. The maximum absolute atomic E-state index is 5.05. The summed E-state index contributed by atoms with van der Waals surface area (Å²) in [6.07, 6.45) is 3.27. The molecule has 2 aromatic rings. The molecule has 0 radical (unpaired) electrons. The second kappa shape index (κ2) is 6.28. The van der Waals surface area contributed by atoms with E-state index in [0.717, 1.165) is 23.5 Å². The fourth-order valence-electron chi connectivity index (χ4n) is 1.64. The Morgan fingerprint density at radius 1 is 1.39 bits per heavy atom. The van der Waals surface area contributed by atoms with Crippen molar-refractivity contribution in [1.82, 2.24) is 15.3 Å². The Kier molecular flexibility index (Phi) is 4.44. The van der Waals surface area contributed by atoms with Gasteiger partial charge in [0.2, 0.25) is 0 Å². The molecule has 96 valence electrons. The fraction of sp³-hybridized carbons (Fsp3) is 0.385. The highest BCUT2D eigenvalue weighted by molar-refractivity contribution is 5.52.